The normalized spacial score (nSPS) is 17.7. The van der Waals surface area contributed by atoms with E-state index in [2.05, 4.69) is 13.5 Å². The molecule has 90 valence electrons. The maximum absolute atomic E-state index is 11.4. The molecule has 17 heavy (non-hydrogen) atoms. The summed E-state index contributed by atoms with van der Waals surface area (Å²) in [4.78, 5) is 11.8. The van der Waals surface area contributed by atoms with Gasteiger partial charge in [0.15, 0.2) is 0 Å². The molecule has 0 fully saturated rings. The number of aromatic nitrogens is 1. The summed E-state index contributed by atoms with van der Waals surface area (Å²) >= 11 is 1.08. The lowest BCUT2D eigenvalue weighted by molar-refractivity contribution is -0.136. The van der Waals surface area contributed by atoms with Crippen LogP contribution in [0.15, 0.2) is 28.4 Å². The molecule has 1 aromatic heterocycles. The van der Waals surface area contributed by atoms with Crippen molar-refractivity contribution in [3.8, 4) is 0 Å². The van der Waals surface area contributed by atoms with Crippen molar-refractivity contribution in [2.75, 3.05) is 7.11 Å². The van der Waals surface area contributed by atoms with Gasteiger partial charge in [0.1, 0.15) is 5.70 Å². The first-order valence-corrected chi connectivity index (χ1v) is 6.57. The van der Waals surface area contributed by atoms with Crippen molar-refractivity contribution in [2.24, 2.45) is 4.40 Å². The van der Waals surface area contributed by atoms with Gasteiger partial charge in [0.2, 0.25) is 0 Å². The highest BCUT2D eigenvalue weighted by atomic mass is 32.2. The molecule has 0 spiro atoms. The third-order valence-electron chi connectivity index (χ3n) is 1.83. The molecule has 0 amide bonds. The average Bonchev–Trinajstić information content (AvgIpc) is 2.79. The Morgan fingerprint density at radius 3 is 2.88 bits per heavy atom. The zero-order chi connectivity index (χ0) is 12.5. The van der Waals surface area contributed by atoms with E-state index in [1.54, 1.807) is 6.07 Å². The largest absolute Gasteiger partial charge is 0.464 e. The summed E-state index contributed by atoms with van der Waals surface area (Å²) in [5.74, 6) is -0.773. The number of esters is 1. The zero-order valence-electron chi connectivity index (χ0n) is 8.58. The number of ether oxygens (including phenoxy) is 1. The quantitative estimate of drug-likeness (QED) is 0.755. The Balaban J connectivity index is 2.47. The minimum absolute atomic E-state index is 0.159. The summed E-state index contributed by atoms with van der Waals surface area (Å²) < 4.78 is 36.6. The van der Waals surface area contributed by atoms with Gasteiger partial charge in [-0.2, -0.15) is 8.42 Å². The summed E-state index contributed by atoms with van der Waals surface area (Å²) in [5.41, 5.74) is -0.0162. The van der Waals surface area contributed by atoms with Gasteiger partial charge in [-0.3, -0.25) is 4.72 Å². The third-order valence-corrected chi connectivity index (χ3v) is 3.52. The highest BCUT2D eigenvalue weighted by Crippen LogP contribution is 2.14. The van der Waals surface area contributed by atoms with Crippen molar-refractivity contribution in [3.63, 3.8) is 0 Å². The second-order valence-electron chi connectivity index (χ2n) is 2.98. The van der Waals surface area contributed by atoms with Gasteiger partial charge in [-0.25, -0.2) is 9.17 Å². The van der Waals surface area contributed by atoms with E-state index in [4.69, 9.17) is 0 Å². The second kappa shape index (κ2) is 4.26. The van der Waals surface area contributed by atoms with Gasteiger partial charge in [-0.1, -0.05) is 0 Å². The molecule has 2 heterocycles. The Morgan fingerprint density at radius 2 is 2.29 bits per heavy atom. The fourth-order valence-electron chi connectivity index (χ4n) is 1.16. The molecule has 0 radical (unpaired) electrons. The van der Waals surface area contributed by atoms with Crippen LogP contribution in [0.5, 0.6) is 0 Å². The number of hydrogen-bond acceptors (Lipinski definition) is 6. The Hall–Kier alpha value is -1.74. The average molecular weight is 273 g/mol. The fourth-order valence-corrected chi connectivity index (χ4v) is 2.65. The maximum Gasteiger partial charge on any atom is 0.355 e. The lowest BCUT2D eigenvalue weighted by Crippen LogP contribution is -2.31. The molecule has 0 aromatic carbocycles. The van der Waals surface area contributed by atoms with Crippen molar-refractivity contribution < 1.29 is 17.9 Å². The van der Waals surface area contributed by atoms with Crippen molar-refractivity contribution in [1.82, 2.24) is 9.10 Å². The minimum Gasteiger partial charge on any atom is -0.464 e. The number of carbonyl (C=O) groups is 1. The second-order valence-corrected chi connectivity index (χ2v) is 5.15. The van der Waals surface area contributed by atoms with Gasteiger partial charge < -0.3 is 4.74 Å². The standard InChI is InChI=1S/C8H7N3O4S2/c1-15-8(12)6-4-5(7-2-3-9-16-7)10-17(13,14)11-6/h2-4,11H,1H3. The van der Waals surface area contributed by atoms with Crippen LogP contribution in [0.4, 0.5) is 0 Å². The van der Waals surface area contributed by atoms with Crippen molar-refractivity contribution >= 4 is 33.4 Å². The molecule has 2 rings (SSSR count). The molecule has 0 aliphatic carbocycles. The molecule has 1 aliphatic rings. The van der Waals surface area contributed by atoms with Crippen LogP contribution in [0.25, 0.3) is 0 Å². The highest BCUT2D eigenvalue weighted by Gasteiger charge is 2.24. The Bertz CT molecular complexity index is 601. The number of allylic oxidation sites excluding steroid dienone is 1. The lowest BCUT2D eigenvalue weighted by atomic mass is 10.2. The van der Waals surface area contributed by atoms with E-state index in [1.807, 2.05) is 4.72 Å². The van der Waals surface area contributed by atoms with Crippen LogP contribution >= 0.6 is 11.5 Å². The Labute approximate surface area is 101 Å². The Morgan fingerprint density at radius 1 is 1.53 bits per heavy atom. The number of nitrogens with one attached hydrogen (secondary N) is 1. The molecule has 0 saturated heterocycles. The van der Waals surface area contributed by atoms with E-state index in [1.165, 1.54) is 12.3 Å². The van der Waals surface area contributed by atoms with Crippen LogP contribution in [0, 0.1) is 0 Å². The molecule has 1 N–H and O–H groups in total. The van der Waals surface area contributed by atoms with E-state index >= 15 is 0 Å². The molecular formula is C8H7N3O4S2. The van der Waals surface area contributed by atoms with E-state index in [9.17, 15) is 13.2 Å². The van der Waals surface area contributed by atoms with Gasteiger partial charge >= 0.3 is 16.2 Å². The monoisotopic (exact) mass is 273 g/mol. The SMILES string of the molecule is COC(=O)C1=CC(c2ccns2)=NS(=O)(=O)N1. The van der Waals surface area contributed by atoms with Crippen LogP contribution in [0.3, 0.4) is 0 Å². The maximum atomic E-state index is 11.4. The lowest BCUT2D eigenvalue weighted by Gasteiger charge is -2.12. The summed E-state index contributed by atoms with van der Waals surface area (Å²) in [6, 6.07) is 1.61. The van der Waals surface area contributed by atoms with Crippen LogP contribution in [-0.4, -0.2) is 31.6 Å². The highest BCUT2D eigenvalue weighted by molar-refractivity contribution is 7.88. The molecule has 0 atom stereocenters. The van der Waals surface area contributed by atoms with Crippen LogP contribution < -0.4 is 4.72 Å². The van der Waals surface area contributed by atoms with Crippen molar-refractivity contribution in [2.45, 2.75) is 0 Å². The first-order chi connectivity index (χ1) is 8.02. The predicted octanol–water partition coefficient (Wildman–Crippen LogP) is -0.163. The molecule has 0 bridgehead atoms. The molecule has 0 unspecified atom stereocenters. The van der Waals surface area contributed by atoms with Crippen LogP contribution in [0.2, 0.25) is 0 Å². The third kappa shape index (κ3) is 2.50. The molecule has 1 aromatic rings. The van der Waals surface area contributed by atoms with Gasteiger partial charge in [0.05, 0.1) is 17.7 Å². The molecular weight excluding hydrogens is 266 g/mol. The number of methoxy groups -OCH3 is 1. The number of rotatable bonds is 2. The number of hydrogen-bond donors (Lipinski definition) is 1. The molecule has 0 saturated carbocycles. The summed E-state index contributed by atoms with van der Waals surface area (Å²) in [6.07, 6.45) is 2.82. The first kappa shape index (κ1) is 11.7. The number of carbonyl (C=O) groups excluding carboxylic acids is 1. The summed E-state index contributed by atoms with van der Waals surface area (Å²) in [5, 5.41) is 0. The van der Waals surface area contributed by atoms with E-state index < -0.39 is 16.2 Å². The summed E-state index contributed by atoms with van der Waals surface area (Å²) in [7, 11) is -2.75. The van der Waals surface area contributed by atoms with Gasteiger partial charge in [-0.05, 0) is 23.7 Å². The molecule has 7 nitrogen and oxygen atoms in total. The van der Waals surface area contributed by atoms with E-state index in [0.29, 0.717) is 4.88 Å². The van der Waals surface area contributed by atoms with Gasteiger partial charge in [-0.15, -0.1) is 4.40 Å². The predicted molar refractivity (Wildman–Crippen MR) is 60.8 cm³/mol. The van der Waals surface area contributed by atoms with Gasteiger partial charge in [0, 0.05) is 6.20 Å². The topological polar surface area (TPSA) is 97.7 Å². The first-order valence-electron chi connectivity index (χ1n) is 4.35. The number of nitrogens with zero attached hydrogens (tertiary/aromatic N) is 2. The fraction of sp³-hybridized carbons (Fsp3) is 0.125. The Kier molecular flexibility index (Phi) is 2.94. The smallest absolute Gasteiger partial charge is 0.355 e. The van der Waals surface area contributed by atoms with Crippen molar-refractivity contribution in [3.05, 3.63) is 28.9 Å². The summed E-state index contributed by atoms with van der Waals surface area (Å²) in [6.45, 7) is 0. The molecule has 9 heteroatoms. The van der Waals surface area contributed by atoms with Gasteiger partial charge in [0.25, 0.3) is 0 Å². The van der Waals surface area contributed by atoms with Crippen LogP contribution in [0.1, 0.15) is 4.88 Å². The van der Waals surface area contributed by atoms with Crippen LogP contribution in [-0.2, 0) is 19.7 Å². The minimum atomic E-state index is -3.91. The van der Waals surface area contributed by atoms with E-state index in [-0.39, 0.29) is 11.4 Å². The zero-order valence-corrected chi connectivity index (χ0v) is 10.2. The molecule has 1 aliphatic heterocycles. The van der Waals surface area contributed by atoms with Crippen molar-refractivity contribution in [1.29, 1.82) is 0 Å². The van der Waals surface area contributed by atoms with E-state index in [0.717, 1.165) is 18.6 Å².